The quantitative estimate of drug-likeness (QED) is 0.498. The standard InChI is InChI=1S/C7H10N6O/c1-9-13-5-4(10-2-3-11-5)6(14)12-7(13)8/h2-3,7,9H,8H2,1H3,(H,12,14). The Balaban J connectivity index is 2.50. The molecule has 74 valence electrons. The number of nitrogens with zero attached hydrogens (tertiary/aromatic N) is 3. The summed E-state index contributed by atoms with van der Waals surface area (Å²) < 4.78 is 0. The fraction of sp³-hybridized carbons (Fsp3) is 0.286. The zero-order valence-electron chi connectivity index (χ0n) is 7.56. The molecule has 1 aliphatic rings. The number of aromatic nitrogens is 2. The third-order valence-corrected chi connectivity index (χ3v) is 1.92. The molecule has 14 heavy (non-hydrogen) atoms. The van der Waals surface area contributed by atoms with Gasteiger partial charge in [0.15, 0.2) is 17.8 Å². The lowest BCUT2D eigenvalue weighted by molar-refractivity contribution is 0.0919. The Morgan fingerprint density at radius 2 is 2.29 bits per heavy atom. The van der Waals surface area contributed by atoms with Crippen LogP contribution in [0.2, 0.25) is 0 Å². The smallest absolute Gasteiger partial charge is 0.276 e. The number of rotatable bonds is 1. The lowest BCUT2D eigenvalue weighted by Crippen LogP contribution is -2.62. The van der Waals surface area contributed by atoms with Crippen LogP contribution in [0, 0.1) is 0 Å². The molecular weight excluding hydrogens is 184 g/mol. The summed E-state index contributed by atoms with van der Waals surface area (Å²) >= 11 is 0. The van der Waals surface area contributed by atoms with E-state index in [9.17, 15) is 4.79 Å². The van der Waals surface area contributed by atoms with E-state index in [0.29, 0.717) is 5.82 Å². The molecule has 2 heterocycles. The molecule has 1 aromatic heterocycles. The Hall–Kier alpha value is -1.73. The number of hydrogen-bond donors (Lipinski definition) is 3. The van der Waals surface area contributed by atoms with Crippen molar-refractivity contribution >= 4 is 11.7 Å². The van der Waals surface area contributed by atoms with Gasteiger partial charge in [0.25, 0.3) is 5.91 Å². The molecule has 0 saturated carbocycles. The predicted molar refractivity (Wildman–Crippen MR) is 49.0 cm³/mol. The molecule has 7 heteroatoms. The van der Waals surface area contributed by atoms with Crippen molar-refractivity contribution in [1.29, 1.82) is 0 Å². The first kappa shape index (κ1) is 8.85. The van der Waals surface area contributed by atoms with Crippen LogP contribution < -0.4 is 21.5 Å². The summed E-state index contributed by atoms with van der Waals surface area (Å²) in [5.74, 6) is 0.123. The van der Waals surface area contributed by atoms with Crippen LogP contribution in [-0.4, -0.2) is 29.2 Å². The van der Waals surface area contributed by atoms with Crippen LogP contribution in [0.25, 0.3) is 0 Å². The molecule has 7 nitrogen and oxygen atoms in total. The summed E-state index contributed by atoms with van der Waals surface area (Å²) in [6.07, 6.45) is 2.34. The third-order valence-electron chi connectivity index (χ3n) is 1.92. The van der Waals surface area contributed by atoms with E-state index < -0.39 is 6.29 Å². The first-order valence-electron chi connectivity index (χ1n) is 4.08. The van der Waals surface area contributed by atoms with Crippen LogP contribution >= 0.6 is 0 Å². The summed E-state index contributed by atoms with van der Waals surface area (Å²) in [7, 11) is 1.69. The SMILES string of the molecule is CNN1c2nccnc2C(=O)NC1N. The number of amides is 1. The minimum Gasteiger partial charge on any atom is -0.317 e. The second-order valence-electron chi connectivity index (χ2n) is 2.74. The van der Waals surface area contributed by atoms with E-state index in [-0.39, 0.29) is 11.6 Å². The van der Waals surface area contributed by atoms with E-state index in [1.54, 1.807) is 7.05 Å². The van der Waals surface area contributed by atoms with Gasteiger partial charge in [-0.3, -0.25) is 15.5 Å². The van der Waals surface area contributed by atoms with Gasteiger partial charge in [0.1, 0.15) is 0 Å². The Labute approximate surface area is 80.3 Å². The Morgan fingerprint density at radius 1 is 1.57 bits per heavy atom. The highest BCUT2D eigenvalue weighted by Gasteiger charge is 2.29. The van der Waals surface area contributed by atoms with Crippen molar-refractivity contribution in [3.63, 3.8) is 0 Å². The molecule has 1 amide bonds. The zero-order valence-corrected chi connectivity index (χ0v) is 7.56. The van der Waals surface area contributed by atoms with Crippen molar-refractivity contribution in [1.82, 2.24) is 20.7 Å². The first-order chi connectivity index (χ1) is 6.74. The largest absolute Gasteiger partial charge is 0.317 e. The molecule has 1 aliphatic heterocycles. The summed E-state index contributed by atoms with van der Waals surface area (Å²) in [6, 6.07) is 0. The number of carbonyl (C=O) groups excluding carboxylic acids is 1. The second-order valence-corrected chi connectivity index (χ2v) is 2.74. The molecule has 0 bridgehead atoms. The van der Waals surface area contributed by atoms with Crippen LogP contribution in [0.5, 0.6) is 0 Å². The van der Waals surface area contributed by atoms with Crippen LogP contribution in [0.15, 0.2) is 12.4 Å². The van der Waals surface area contributed by atoms with Gasteiger partial charge in [-0.2, -0.15) is 0 Å². The van der Waals surface area contributed by atoms with Crippen molar-refractivity contribution in [2.24, 2.45) is 5.73 Å². The van der Waals surface area contributed by atoms with Gasteiger partial charge in [0.05, 0.1) is 0 Å². The number of anilines is 1. The van der Waals surface area contributed by atoms with Gasteiger partial charge < -0.3 is 5.32 Å². The van der Waals surface area contributed by atoms with E-state index in [2.05, 4.69) is 20.7 Å². The molecule has 0 saturated heterocycles. The maximum absolute atomic E-state index is 11.4. The fourth-order valence-corrected chi connectivity index (χ4v) is 1.31. The van der Waals surface area contributed by atoms with E-state index in [1.807, 2.05) is 0 Å². The van der Waals surface area contributed by atoms with E-state index in [0.717, 1.165) is 0 Å². The normalized spacial score (nSPS) is 20.3. The van der Waals surface area contributed by atoms with Crippen LogP contribution in [0.1, 0.15) is 10.5 Å². The number of nitrogens with two attached hydrogens (primary N) is 1. The molecule has 4 N–H and O–H groups in total. The monoisotopic (exact) mass is 194 g/mol. The lowest BCUT2D eigenvalue weighted by Gasteiger charge is -2.33. The van der Waals surface area contributed by atoms with E-state index in [1.165, 1.54) is 17.4 Å². The number of hydrogen-bond acceptors (Lipinski definition) is 6. The minimum absolute atomic E-state index is 0.267. The predicted octanol–water partition coefficient (Wildman–Crippen LogP) is -1.60. The summed E-state index contributed by atoms with van der Waals surface area (Å²) in [4.78, 5) is 19.4. The van der Waals surface area contributed by atoms with E-state index >= 15 is 0 Å². The van der Waals surface area contributed by atoms with Gasteiger partial charge in [-0.05, 0) is 0 Å². The van der Waals surface area contributed by atoms with Gasteiger partial charge in [-0.25, -0.2) is 15.4 Å². The Bertz CT molecular complexity index is 367. The van der Waals surface area contributed by atoms with Crippen LogP contribution in [0.3, 0.4) is 0 Å². The van der Waals surface area contributed by atoms with Gasteiger partial charge in [0, 0.05) is 19.4 Å². The van der Waals surface area contributed by atoms with Crippen molar-refractivity contribution in [3.05, 3.63) is 18.1 Å². The number of carbonyl (C=O) groups is 1. The van der Waals surface area contributed by atoms with Crippen LogP contribution in [-0.2, 0) is 0 Å². The van der Waals surface area contributed by atoms with E-state index in [4.69, 9.17) is 5.73 Å². The molecule has 2 rings (SSSR count). The highest BCUT2D eigenvalue weighted by Crippen LogP contribution is 2.17. The Kier molecular flexibility index (Phi) is 2.02. The second kappa shape index (κ2) is 3.20. The highest BCUT2D eigenvalue weighted by molar-refractivity contribution is 5.98. The number of nitrogens with one attached hydrogen (secondary N) is 2. The molecule has 1 unspecified atom stereocenters. The average Bonchev–Trinajstić information content (AvgIpc) is 2.18. The molecule has 1 atom stereocenters. The molecule has 0 radical (unpaired) electrons. The number of hydrazine groups is 1. The van der Waals surface area contributed by atoms with Crippen LogP contribution in [0.4, 0.5) is 5.82 Å². The molecular formula is C7H10N6O. The van der Waals surface area contributed by atoms with Gasteiger partial charge in [-0.15, -0.1) is 0 Å². The summed E-state index contributed by atoms with van der Waals surface area (Å²) in [5.41, 5.74) is 8.75. The van der Waals surface area contributed by atoms with Crippen molar-refractivity contribution in [3.8, 4) is 0 Å². The zero-order chi connectivity index (χ0) is 10.1. The Morgan fingerprint density at radius 3 is 3.00 bits per heavy atom. The van der Waals surface area contributed by atoms with Gasteiger partial charge in [0.2, 0.25) is 0 Å². The van der Waals surface area contributed by atoms with Crippen molar-refractivity contribution in [2.45, 2.75) is 6.29 Å². The van der Waals surface area contributed by atoms with Crippen molar-refractivity contribution in [2.75, 3.05) is 12.1 Å². The van der Waals surface area contributed by atoms with Gasteiger partial charge in [-0.1, -0.05) is 0 Å². The minimum atomic E-state index is -0.628. The summed E-state index contributed by atoms with van der Waals surface area (Å²) in [5, 5.41) is 4.07. The first-order valence-corrected chi connectivity index (χ1v) is 4.08. The fourth-order valence-electron chi connectivity index (χ4n) is 1.31. The highest BCUT2D eigenvalue weighted by atomic mass is 16.2. The van der Waals surface area contributed by atoms with Crippen molar-refractivity contribution < 1.29 is 4.79 Å². The topological polar surface area (TPSA) is 96.2 Å². The molecule has 0 fully saturated rings. The molecule has 0 aromatic carbocycles. The maximum Gasteiger partial charge on any atom is 0.276 e. The molecule has 0 aliphatic carbocycles. The molecule has 1 aromatic rings. The van der Waals surface area contributed by atoms with Gasteiger partial charge >= 0.3 is 0 Å². The maximum atomic E-state index is 11.4. The summed E-state index contributed by atoms with van der Waals surface area (Å²) in [6.45, 7) is 0. The third kappa shape index (κ3) is 1.19. The number of fused-ring (bicyclic) bond motifs is 1. The lowest BCUT2D eigenvalue weighted by atomic mass is 10.3. The molecule has 0 spiro atoms. The average molecular weight is 194 g/mol.